The Hall–Kier alpha value is -1.21. The number of rotatable bonds is 6. The van der Waals surface area contributed by atoms with E-state index in [2.05, 4.69) is 4.74 Å². The smallest absolute Gasteiger partial charge is 0.185 e. The van der Waals surface area contributed by atoms with E-state index in [1.165, 1.54) is 6.07 Å². The zero-order valence-electron chi connectivity index (χ0n) is 8.83. The molecule has 0 aliphatic rings. The summed E-state index contributed by atoms with van der Waals surface area (Å²) in [5.74, 6) is 0.663. The maximum atomic E-state index is 9.96. The number of carbonyl (C=O) groups excluding carboxylic acids is 1. The number of ether oxygens (including phenoxy) is 1. The van der Waals surface area contributed by atoms with Crippen molar-refractivity contribution in [3.05, 3.63) is 23.7 Å². The highest BCUT2D eigenvalue weighted by Gasteiger charge is 1.96. The summed E-state index contributed by atoms with van der Waals surface area (Å²) in [7, 11) is 0. The van der Waals surface area contributed by atoms with Crippen molar-refractivity contribution in [3.8, 4) is 0 Å². The molecule has 6 heteroatoms. The largest absolute Gasteiger partial charge is 0.456 e. The average Bonchev–Trinajstić information content (AvgIpc) is 2.78. The lowest BCUT2D eigenvalue weighted by Gasteiger charge is -1.94. The Balaban J connectivity index is 0.000000293. The van der Waals surface area contributed by atoms with Crippen LogP contribution in [0.3, 0.4) is 0 Å². The van der Waals surface area contributed by atoms with Gasteiger partial charge in [0.2, 0.25) is 0 Å². The molecule has 0 fully saturated rings. The van der Waals surface area contributed by atoms with Crippen LogP contribution in [0, 0.1) is 0 Å². The minimum Gasteiger partial charge on any atom is -0.456 e. The highest BCUT2D eigenvalue weighted by molar-refractivity contribution is 5.70. The van der Waals surface area contributed by atoms with Crippen molar-refractivity contribution in [2.24, 2.45) is 0 Å². The molecule has 0 saturated carbocycles. The molecule has 1 heterocycles. The van der Waals surface area contributed by atoms with E-state index in [0.29, 0.717) is 25.3 Å². The van der Waals surface area contributed by atoms with Crippen LogP contribution in [0.25, 0.3) is 0 Å². The molecule has 1 aromatic rings. The van der Waals surface area contributed by atoms with E-state index in [4.69, 9.17) is 19.7 Å². The van der Waals surface area contributed by atoms with Gasteiger partial charge in [-0.2, -0.15) is 0 Å². The Morgan fingerprint density at radius 3 is 2.12 bits per heavy atom. The van der Waals surface area contributed by atoms with Gasteiger partial charge in [0, 0.05) is 0 Å². The normalized spacial score (nSPS) is 9.44. The van der Waals surface area contributed by atoms with E-state index in [9.17, 15) is 4.79 Å². The van der Waals surface area contributed by atoms with Crippen molar-refractivity contribution in [2.75, 3.05) is 26.4 Å². The number of aliphatic hydroxyl groups is 3. The lowest BCUT2D eigenvalue weighted by Crippen LogP contribution is -2.03. The number of aliphatic hydroxyl groups excluding tert-OH is 3. The van der Waals surface area contributed by atoms with Crippen LogP contribution < -0.4 is 0 Å². The summed E-state index contributed by atoms with van der Waals surface area (Å²) in [6, 6.07) is 3.07. The molecule has 0 spiro atoms. The van der Waals surface area contributed by atoms with Crippen molar-refractivity contribution < 1.29 is 29.3 Å². The van der Waals surface area contributed by atoms with Crippen molar-refractivity contribution in [1.82, 2.24) is 0 Å². The monoisotopic (exact) mass is 232 g/mol. The third-order valence-corrected chi connectivity index (χ3v) is 1.43. The first-order valence-corrected chi connectivity index (χ1v) is 4.72. The van der Waals surface area contributed by atoms with Gasteiger partial charge in [-0.3, -0.25) is 4.79 Å². The van der Waals surface area contributed by atoms with Gasteiger partial charge in [-0.25, -0.2) is 0 Å². The minimum absolute atomic E-state index is 0.0278. The average molecular weight is 232 g/mol. The van der Waals surface area contributed by atoms with Crippen LogP contribution in [0.5, 0.6) is 0 Å². The first-order chi connectivity index (χ1) is 7.78. The molecule has 0 aromatic carbocycles. The predicted octanol–water partition coefficient (Wildman–Crippen LogP) is -0.428. The molecule has 0 amide bonds. The number of carbonyl (C=O) groups is 1. The Bertz CT molecular complexity index is 266. The first kappa shape index (κ1) is 14.8. The van der Waals surface area contributed by atoms with Gasteiger partial charge < -0.3 is 24.5 Å². The van der Waals surface area contributed by atoms with E-state index < -0.39 is 0 Å². The number of furan rings is 1. The summed E-state index contributed by atoms with van der Waals surface area (Å²) in [6.07, 6.45) is 0.596. The van der Waals surface area contributed by atoms with E-state index >= 15 is 0 Å². The van der Waals surface area contributed by atoms with Crippen LogP contribution in [-0.2, 0) is 11.3 Å². The van der Waals surface area contributed by atoms with Gasteiger partial charge in [0.05, 0.1) is 26.4 Å². The van der Waals surface area contributed by atoms with Crippen molar-refractivity contribution in [3.63, 3.8) is 0 Å². The van der Waals surface area contributed by atoms with Crippen LogP contribution in [0.1, 0.15) is 16.3 Å². The van der Waals surface area contributed by atoms with Crippen LogP contribution in [0.2, 0.25) is 0 Å². The zero-order valence-corrected chi connectivity index (χ0v) is 8.83. The predicted molar refractivity (Wildman–Crippen MR) is 55.0 cm³/mol. The van der Waals surface area contributed by atoms with Crippen molar-refractivity contribution in [2.45, 2.75) is 6.61 Å². The Morgan fingerprint density at radius 2 is 1.81 bits per heavy atom. The number of hydrogen-bond acceptors (Lipinski definition) is 6. The third-order valence-electron chi connectivity index (χ3n) is 1.43. The molecule has 0 aliphatic carbocycles. The van der Waals surface area contributed by atoms with Crippen LogP contribution in [-0.4, -0.2) is 48.0 Å². The second kappa shape index (κ2) is 10.3. The fourth-order valence-corrected chi connectivity index (χ4v) is 0.774. The van der Waals surface area contributed by atoms with Gasteiger partial charge in [0.25, 0.3) is 0 Å². The molecule has 0 radical (unpaired) electrons. The molecule has 0 bridgehead atoms. The molecule has 0 aliphatic heterocycles. The van der Waals surface area contributed by atoms with E-state index in [1.54, 1.807) is 6.07 Å². The van der Waals surface area contributed by atoms with Crippen LogP contribution >= 0.6 is 0 Å². The molecular weight excluding hydrogens is 216 g/mol. The van der Waals surface area contributed by atoms with Crippen LogP contribution in [0.15, 0.2) is 16.5 Å². The Labute approximate surface area is 93.1 Å². The van der Waals surface area contributed by atoms with E-state index in [-0.39, 0.29) is 25.6 Å². The quantitative estimate of drug-likeness (QED) is 0.454. The fourth-order valence-electron chi connectivity index (χ4n) is 0.774. The SMILES string of the molecule is O=Cc1ccc(CO)o1.OCCOCCO. The number of aldehydes is 1. The summed E-state index contributed by atoms with van der Waals surface area (Å²) in [6.45, 7) is 0.537. The van der Waals surface area contributed by atoms with Gasteiger partial charge in [-0.05, 0) is 12.1 Å². The van der Waals surface area contributed by atoms with Gasteiger partial charge in [-0.1, -0.05) is 0 Å². The lowest BCUT2D eigenvalue weighted by molar-refractivity contribution is 0.0650. The molecule has 1 rings (SSSR count). The minimum atomic E-state index is -0.159. The lowest BCUT2D eigenvalue weighted by atomic mass is 10.4. The molecular formula is C10H16O6. The summed E-state index contributed by atoms with van der Waals surface area (Å²) in [5, 5.41) is 24.6. The highest BCUT2D eigenvalue weighted by Crippen LogP contribution is 2.03. The summed E-state index contributed by atoms with van der Waals surface area (Å²) < 4.78 is 9.40. The highest BCUT2D eigenvalue weighted by atomic mass is 16.5. The van der Waals surface area contributed by atoms with Crippen molar-refractivity contribution in [1.29, 1.82) is 0 Å². The second-order valence-electron chi connectivity index (χ2n) is 2.64. The standard InChI is InChI=1S/C6H6O3.C4H10O3/c7-3-5-1-2-6(4-8)9-5;5-1-3-7-4-2-6/h1-3,8H,4H2;5-6H,1-4H2. The molecule has 0 atom stereocenters. The molecule has 0 unspecified atom stereocenters. The molecule has 0 saturated heterocycles. The molecule has 92 valence electrons. The summed E-state index contributed by atoms with van der Waals surface area (Å²) >= 11 is 0. The molecule has 1 aromatic heterocycles. The Kier molecular flexibility index (Phi) is 9.53. The zero-order chi connectivity index (χ0) is 12.2. The molecule has 16 heavy (non-hydrogen) atoms. The Morgan fingerprint density at radius 1 is 1.19 bits per heavy atom. The summed E-state index contributed by atoms with van der Waals surface area (Å²) in [4.78, 5) is 9.96. The van der Waals surface area contributed by atoms with E-state index in [0.717, 1.165) is 0 Å². The number of hydrogen-bond donors (Lipinski definition) is 3. The van der Waals surface area contributed by atoms with Gasteiger partial charge in [0.15, 0.2) is 12.0 Å². The third kappa shape index (κ3) is 7.13. The maximum absolute atomic E-state index is 9.96. The summed E-state index contributed by atoms with van der Waals surface area (Å²) in [5.41, 5.74) is 0. The topological polar surface area (TPSA) is 100 Å². The van der Waals surface area contributed by atoms with Gasteiger partial charge in [0.1, 0.15) is 12.4 Å². The second-order valence-corrected chi connectivity index (χ2v) is 2.64. The van der Waals surface area contributed by atoms with Gasteiger partial charge >= 0.3 is 0 Å². The fraction of sp³-hybridized carbons (Fsp3) is 0.500. The molecule has 3 N–H and O–H groups in total. The first-order valence-electron chi connectivity index (χ1n) is 4.72. The van der Waals surface area contributed by atoms with E-state index in [1.807, 2.05) is 0 Å². The van der Waals surface area contributed by atoms with Crippen LogP contribution in [0.4, 0.5) is 0 Å². The van der Waals surface area contributed by atoms with Gasteiger partial charge in [-0.15, -0.1) is 0 Å². The van der Waals surface area contributed by atoms with Crippen molar-refractivity contribution >= 4 is 6.29 Å². The molecule has 6 nitrogen and oxygen atoms in total. The maximum Gasteiger partial charge on any atom is 0.185 e.